The second-order valence-electron chi connectivity index (χ2n) is 6.54. The zero-order chi connectivity index (χ0) is 19.7. The average molecular weight is 368 g/mol. The molecule has 6 heteroatoms. The summed E-state index contributed by atoms with van der Waals surface area (Å²) >= 11 is 0. The first kappa shape index (κ1) is 18.8. The minimum Gasteiger partial charge on any atom is -0.497 e. The van der Waals surface area contributed by atoms with Crippen LogP contribution in [0.15, 0.2) is 29.1 Å². The van der Waals surface area contributed by atoms with Crippen LogP contribution < -0.4 is 10.2 Å². The molecule has 0 fully saturated rings. The van der Waals surface area contributed by atoms with Crippen LogP contribution in [0.25, 0.3) is 11.0 Å². The van der Waals surface area contributed by atoms with Gasteiger partial charge in [0.2, 0.25) is 5.43 Å². The monoisotopic (exact) mass is 368 g/mol. The number of pyridine rings is 1. The van der Waals surface area contributed by atoms with Gasteiger partial charge in [0.1, 0.15) is 17.0 Å². The van der Waals surface area contributed by atoms with E-state index >= 15 is 0 Å². The van der Waals surface area contributed by atoms with Gasteiger partial charge in [0.15, 0.2) is 0 Å². The Hall–Kier alpha value is -3.02. The number of carbonyl (C=O) groups excluding carboxylic acids is 1. The van der Waals surface area contributed by atoms with Crippen LogP contribution in [-0.4, -0.2) is 29.2 Å². The van der Waals surface area contributed by atoms with E-state index in [1.165, 1.54) is 0 Å². The summed E-state index contributed by atoms with van der Waals surface area (Å²) in [7, 11) is 1.64. The fourth-order valence-electron chi connectivity index (χ4n) is 3.37. The van der Waals surface area contributed by atoms with Crippen LogP contribution in [0.5, 0.6) is 5.75 Å². The van der Waals surface area contributed by atoms with Crippen molar-refractivity contribution < 1.29 is 14.3 Å². The van der Waals surface area contributed by atoms with Gasteiger partial charge in [0, 0.05) is 17.9 Å². The number of hydrogen-bond acceptors (Lipinski definition) is 4. The lowest BCUT2D eigenvalue weighted by atomic mass is 10.1. The number of fused-ring (bicyclic) bond motifs is 1. The Labute approximate surface area is 157 Å². The molecule has 1 aromatic carbocycles. The normalized spacial score (nSPS) is 11.0. The predicted octanol–water partition coefficient (Wildman–Crippen LogP) is 3.49. The first-order chi connectivity index (χ1) is 12.9. The van der Waals surface area contributed by atoms with Crippen molar-refractivity contribution in [2.75, 3.05) is 13.7 Å². The Morgan fingerprint density at radius 3 is 2.41 bits per heavy atom. The summed E-state index contributed by atoms with van der Waals surface area (Å²) in [6.45, 7) is 8.16. The highest BCUT2D eigenvalue weighted by atomic mass is 16.5. The number of benzene rings is 1. The van der Waals surface area contributed by atoms with Gasteiger partial charge in [-0.3, -0.25) is 4.79 Å². The average Bonchev–Trinajstić information content (AvgIpc) is 2.87. The minimum atomic E-state index is -0.585. The standard InChI is InChI=1S/C21H24N2O4/c1-6-27-21(25)18-13(3)22-20-17(19(18)24)12(2)14(4)23(20)11-15-7-9-16(26-5)10-8-15/h7-10H,6,11H2,1-5H3,(H,22,24). The summed E-state index contributed by atoms with van der Waals surface area (Å²) in [6.07, 6.45) is 0. The summed E-state index contributed by atoms with van der Waals surface area (Å²) in [5.74, 6) is 0.213. The van der Waals surface area contributed by atoms with Gasteiger partial charge in [-0.2, -0.15) is 0 Å². The molecule has 0 saturated carbocycles. The summed E-state index contributed by atoms with van der Waals surface area (Å²) in [6, 6.07) is 7.82. The number of hydrogen-bond donors (Lipinski definition) is 1. The van der Waals surface area contributed by atoms with Crippen molar-refractivity contribution in [1.82, 2.24) is 9.55 Å². The van der Waals surface area contributed by atoms with Gasteiger partial charge in [0.05, 0.1) is 19.1 Å². The number of aryl methyl sites for hydroxylation is 2. The Morgan fingerprint density at radius 2 is 1.81 bits per heavy atom. The predicted molar refractivity (Wildman–Crippen MR) is 105 cm³/mol. The molecule has 2 aromatic heterocycles. The number of H-pyrrole nitrogens is 1. The second kappa shape index (κ2) is 7.31. The molecule has 0 amide bonds. The van der Waals surface area contributed by atoms with Crippen molar-refractivity contribution in [2.45, 2.75) is 34.2 Å². The highest BCUT2D eigenvalue weighted by Crippen LogP contribution is 2.24. The molecule has 0 aliphatic rings. The van der Waals surface area contributed by atoms with E-state index in [4.69, 9.17) is 9.47 Å². The Balaban J connectivity index is 2.16. The number of rotatable bonds is 5. The van der Waals surface area contributed by atoms with Crippen LogP contribution >= 0.6 is 0 Å². The van der Waals surface area contributed by atoms with Crippen molar-refractivity contribution in [3.63, 3.8) is 0 Å². The molecular formula is C21H24N2O4. The van der Waals surface area contributed by atoms with Crippen molar-refractivity contribution in [1.29, 1.82) is 0 Å². The summed E-state index contributed by atoms with van der Waals surface area (Å²) in [5, 5.41) is 0.537. The molecule has 0 spiro atoms. The highest BCUT2D eigenvalue weighted by molar-refractivity contribution is 5.95. The van der Waals surface area contributed by atoms with E-state index < -0.39 is 5.97 Å². The van der Waals surface area contributed by atoms with Gasteiger partial charge >= 0.3 is 5.97 Å². The lowest BCUT2D eigenvalue weighted by molar-refractivity contribution is 0.0523. The second-order valence-corrected chi connectivity index (χ2v) is 6.54. The third-order valence-corrected chi connectivity index (χ3v) is 4.94. The summed E-state index contributed by atoms with van der Waals surface area (Å²) < 4.78 is 12.3. The maximum atomic E-state index is 13.0. The fourth-order valence-corrected chi connectivity index (χ4v) is 3.37. The van der Waals surface area contributed by atoms with E-state index in [2.05, 4.69) is 9.55 Å². The molecule has 0 saturated heterocycles. The van der Waals surface area contributed by atoms with Crippen molar-refractivity contribution in [3.8, 4) is 5.75 Å². The topological polar surface area (TPSA) is 73.3 Å². The largest absolute Gasteiger partial charge is 0.497 e. The van der Waals surface area contributed by atoms with E-state index in [0.29, 0.717) is 17.6 Å². The number of nitrogens with one attached hydrogen (secondary N) is 1. The van der Waals surface area contributed by atoms with E-state index in [1.54, 1.807) is 21.0 Å². The molecule has 3 aromatic rings. The number of aromatic nitrogens is 2. The number of ether oxygens (including phenoxy) is 2. The molecule has 6 nitrogen and oxygen atoms in total. The molecule has 2 heterocycles. The maximum absolute atomic E-state index is 13.0. The van der Waals surface area contributed by atoms with Crippen molar-refractivity contribution >= 4 is 17.0 Å². The van der Waals surface area contributed by atoms with Crippen LogP contribution in [0.1, 0.15) is 39.8 Å². The van der Waals surface area contributed by atoms with Crippen LogP contribution in [0.4, 0.5) is 0 Å². The quantitative estimate of drug-likeness (QED) is 0.700. The Morgan fingerprint density at radius 1 is 1.15 bits per heavy atom. The number of nitrogens with zero attached hydrogens (tertiary/aromatic N) is 1. The number of carbonyl (C=O) groups is 1. The van der Waals surface area contributed by atoms with E-state index in [-0.39, 0.29) is 17.6 Å². The zero-order valence-electron chi connectivity index (χ0n) is 16.3. The smallest absolute Gasteiger partial charge is 0.343 e. The van der Waals surface area contributed by atoms with Crippen LogP contribution in [-0.2, 0) is 11.3 Å². The number of esters is 1. The molecule has 1 N–H and O–H groups in total. The maximum Gasteiger partial charge on any atom is 0.343 e. The molecule has 0 aliphatic carbocycles. The molecule has 0 atom stereocenters. The Kier molecular flexibility index (Phi) is 5.08. The van der Waals surface area contributed by atoms with Crippen LogP contribution in [0.3, 0.4) is 0 Å². The van der Waals surface area contributed by atoms with Gasteiger partial charge in [-0.1, -0.05) is 12.1 Å². The van der Waals surface area contributed by atoms with Gasteiger partial charge < -0.3 is 19.0 Å². The molecule has 3 rings (SSSR count). The van der Waals surface area contributed by atoms with Crippen molar-refractivity contribution in [3.05, 3.63) is 62.6 Å². The van der Waals surface area contributed by atoms with Gasteiger partial charge in [-0.05, 0) is 51.0 Å². The van der Waals surface area contributed by atoms with E-state index in [0.717, 1.165) is 28.2 Å². The highest BCUT2D eigenvalue weighted by Gasteiger charge is 2.22. The molecule has 0 aliphatic heterocycles. The third kappa shape index (κ3) is 3.23. The number of aromatic amines is 1. The molecule has 0 bridgehead atoms. The lowest BCUT2D eigenvalue weighted by Gasteiger charge is -2.11. The molecule has 0 radical (unpaired) electrons. The van der Waals surface area contributed by atoms with Crippen LogP contribution in [0.2, 0.25) is 0 Å². The molecule has 142 valence electrons. The van der Waals surface area contributed by atoms with E-state index in [1.807, 2.05) is 38.1 Å². The Bertz CT molecular complexity index is 1060. The fraction of sp³-hybridized carbons (Fsp3) is 0.333. The SMILES string of the molecule is CCOC(=O)c1c(C)[nH]c2c(c(C)c(C)n2Cc2ccc(OC)cc2)c1=O. The summed E-state index contributed by atoms with van der Waals surface area (Å²) in [4.78, 5) is 28.5. The lowest BCUT2D eigenvalue weighted by Crippen LogP contribution is -2.21. The first-order valence-electron chi connectivity index (χ1n) is 8.91. The van der Waals surface area contributed by atoms with Gasteiger partial charge in [0.25, 0.3) is 0 Å². The van der Waals surface area contributed by atoms with E-state index in [9.17, 15) is 9.59 Å². The molecule has 27 heavy (non-hydrogen) atoms. The molecule has 0 unspecified atom stereocenters. The molecular weight excluding hydrogens is 344 g/mol. The minimum absolute atomic E-state index is 0.0778. The van der Waals surface area contributed by atoms with Gasteiger partial charge in [-0.25, -0.2) is 4.79 Å². The number of methoxy groups -OCH3 is 1. The van der Waals surface area contributed by atoms with Crippen molar-refractivity contribution in [2.24, 2.45) is 0 Å². The third-order valence-electron chi connectivity index (χ3n) is 4.94. The summed E-state index contributed by atoms with van der Waals surface area (Å²) in [5.41, 5.74) is 3.96. The zero-order valence-corrected chi connectivity index (χ0v) is 16.3. The van der Waals surface area contributed by atoms with Crippen LogP contribution in [0, 0.1) is 20.8 Å². The van der Waals surface area contributed by atoms with Gasteiger partial charge in [-0.15, -0.1) is 0 Å². The first-order valence-corrected chi connectivity index (χ1v) is 8.91.